The maximum absolute atomic E-state index is 11.8. The van der Waals surface area contributed by atoms with Crippen molar-refractivity contribution in [3.8, 4) is 11.3 Å². The molecule has 6 nitrogen and oxygen atoms in total. The number of carbonyl (C=O) groups is 2. The number of aromatic nitrogens is 1. The van der Waals surface area contributed by atoms with Crippen molar-refractivity contribution < 1.29 is 14.0 Å². The third-order valence-corrected chi connectivity index (χ3v) is 3.86. The van der Waals surface area contributed by atoms with Gasteiger partial charge in [-0.1, -0.05) is 37.6 Å². The lowest BCUT2D eigenvalue weighted by molar-refractivity contribution is -0.124. The summed E-state index contributed by atoms with van der Waals surface area (Å²) in [7, 11) is 0. The number of hydrogen-bond donors (Lipinski definition) is 2. The number of rotatable bonds is 8. The predicted molar refractivity (Wildman–Crippen MR) is 96.1 cm³/mol. The van der Waals surface area contributed by atoms with Gasteiger partial charge in [0.25, 0.3) is 0 Å². The lowest BCUT2D eigenvalue weighted by Gasteiger charge is -2.08. The fourth-order valence-corrected chi connectivity index (χ4v) is 2.34. The van der Waals surface area contributed by atoms with Crippen molar-refractivity contribution in [3.63, 3.8) is 0 Å². The molecule has 0 spiro atoms. The van der Waals surface area contributed by atoms with E-state index < -0.39 is 0 Å². The zero-order valence-corrected chi connectivity index (χ0v) is 15.1. The van der Waals surface area contributed by atoms with E-state index in [0.717, 1.165) is 5.56 Å². The van der Waals surface area contributed by atoms with Crippen molar-refractivity contribution in [2.75, 3.05) is 13.1 Å². The van der Waals surface area contributed by atoms with E-state index in [-0.39, 0.29) is 24.2 Å². The molecule has 2 rings (SSSR count). The van der Waals surface area contributed by atoms with Gasteiger partial charge in [0.1, 0.15) is 0 Å². The maximum atomic E-state index is 11.8. The summed E-state index contributed by atoms with van der Waals surface area (Å²) >= 11 is 6.13. The summed E-state index contributed by atoms with van der Waals surface area (Å²) in [6, 6.07) is 7.35. The molecule has 1 aromatic carbocycles. The van der Waals surface area contributed by atoms with Crippen molar-refractivity contribution in [2.24, 2.45) is 5.92 Å². The van der Waals surface area contributed by atoms with Crippen LogP contribution in [0.3, 0.4) is 0 Å². The van der Waals surface area contributed by atoms with Crippen LogP contribution in [-0.4, -0.2) is 29.9 Å². The third kappa shape index (κ3) is 5.90. The molecule has 0 bridgehead atoms. The molecule has 0 unspecified atom stereocenters. The lowest BCUT2D eigenvalue weighted by Crippen LogP contribution is -2.36. The lowest BCUT2D eigenvalue weighted by atomic mass is 10.2. The fraction of sp³-hybridized carbons (Fsp3) is 0.389. The van der Waals surface area contributed by atoms with E-state index in [9.17, 15) is 9.59 Å². The van der Waals surface area contributed by atoms with Crippen molar-refractivity contribution in [2.45, 2.75) is 26.7 Å². The molecule has 2 N–H and O–H groups in total. The Morgan fingerprint density at radius 3 is 2.64 bits per heavy atom. The second kappa shape index (κ2) is 9.22. The van der Waals surface area contributed by atoms with E-state index in [1.165, 1.54) is 0 Å². The largest absolute Gasteiger partial charge is 0.441 e. The summed E-state index contributed by atoms with van der Waals surface area (Å²) in [5, 5.41) is 6.08. The van der Waals surface area contributed by atoms with Gasteiger partial charge in [-0.25, -0.2) is 4.98 Å². The topological polar surface area (TPSA) is 84.2 Å². The summed E-state index contributed by atoms with van der Waals surface area (Å²) in [5.74, 6) is 0.862. The number of halogens is 1. The summed E-state index contributed by atoms with van der Waals surface area (Å²) in [5.41, 5.74) is 0.772. The van der Waals surface area contributed by atoms with Gasteiger partial charge in [0.15, 0.2) is 11.7 Å². The Morgan fingerprint density at radius 2 is 1.92 bits per heavy atom. The number of aryl methyl sites for hydroxylation is 1. The van der Waals surface area contributed by atoms with E-state index in [0.29, 0.717) is 36.2 Å². The van der Waals surface area contributed by atoms with Gasteiger partial charge in [-0.2, -0.15) is 0 Å². The molecular formula is C18H22ClN3O3. The normalized spacial score (nSPS) is 10.7. The minimum atomic E-state index is -0.115. The van der Waals surface area contributed by atoms with Crippen LogP contribution in [0, 0.1) is 5.92 Å². The number of amides is 2. The number of oxazole rings is 1. The Labute approximate surface area is 152 Å². The molecule has 0 saturated carbocycles. The zero-order valence-electron chi connectivity index (χ0n) is 14.3. The molecule has 0 atom stereocenters. The van der Waals surface area contributed by atoms with E-state index >= 15 is 0 Å². The zero-order chi connectivity index (χ0) is 18.2. The summed E-state index contributed by atoms with van der Waals surface area (Å²) < 4.78 is 5.65. The van der Waals surface area contributed by atoms with Gasteiger partial charge in [-0.05, 0) is 12.1 Å². The first kappa shape index (κ1) is 19.0. The third-order valence-electron chi connectivity index (χ3n) is 3.53. The number of benzene rings is 1. The first-order chi connectivity index (χ1) is 12.0. The van der Waals surface area contributed by atoms with Crippen molar-refractivity contribution in [1.29, 1.82) is 0 Å². The van der Waals surface area contributed by atoms with E-state index in [1.54, 1.807) is 12.3 Å². The van der Waals surface area contributed by atoms with Gasteiger partial charge < -0.3 is 15.1 Å². The van der Waals surface area contributed by atoms with Crippen LogP contribution in [0.25, 0.3) is 11.3 Å². The number of nitrogens with one attached hydrogen (secondary N) is 2. The fourth-order valence-electron chi connectivity index (χ4n) is 2.11. The van der Waals surface area contributed by atoms with Crippen LogP contribution in [0.2, 0.25) is 5.02 Å². The Hall–Kier alpha value is -2.34. The van der Waals surface area contributed by atoms with Crippen LogP contribution >= 0.6 is 11.6 Å². The smallest absolute Gasteiger partial charge is 0.222 e. The van der Waals surface area contributed by atoms with E-state index in [4.69, 9.17) is 16.0 Å². The van der Waals surface area contributed by atoms with Gasteiger partial charge >= 0.3 is 0 Å². The van der Waals surface area contributed by atoms with Crippen LogP contribution in [0.1, 0.15) is 26.2 Å². The number of nitrogens with zero attached hydrogens (tertiary/aromatic N) is 1. The second-order valence-corrected chi connectivity index (χ2v) is 6.30. The summed E-state index contributed by atoms with van der Waals surface area (Å²) in [6.45, 7) is 4.45. The molecule has 0 fully saturated rings. The van der Waals surface area contributed by atoms with Gasteiger partial charge in [-0.3, -0.25) is 9.59 Å². The average molecular weight is 364 g/mol. The molecule has 0 aliphatic carbocycles. The van der Waals surface area contributed by atoms with E-state index in [2.05, 4.69) is 15.6 Å². The van der Waals surface area contributed by atoms with Crippen LogP contribution in [0.15, 0.2) is 34.9 Å². The SMILES string of the molecule is CC(C)C(=O)NCCNC(=O)CCc1ncc(-c2ccccc2Cl)o1. The molecule has 134 valence electrons. The number of hydrogen-bond acceptors (Lipinski definition) is 4. The van der Waals surface area contributed by atoms with E-state index in [1.807, 2.05) is 32.0 Å². The molecule has 2 aromatic rings. The molecular weight excluding hydrogens is 342 g/mol. The quantitative estimate of drug-likeness (QED) is 0.706. The number of carbonyl (C=O) groups excluding carboxylic acids is 2. The minimum Gasteiger partial charge on any atom is -0.441 e. The predicted octanol–water partition coefficient (Wildman–Crippen LogP) is 2.82. The first-order valence-electron chi connectivity index (χ1n) is 8.21. The highest BCUT2D eigenvalue weighted by Gasteiger charge is 2.11. The maximum Gasteiger partial charge on any atom is 0.222 e. The molecule has 0 aliphatic rings. The summed E-state index contributed by atoms with van der Waals surface area (Å²) in [4.78, 5) is 27.4. The minimum absolute atomic E-state index is 0.0267. The van der Waals surface area contributed by atoms with Crippen LogP contribution in [0.4, 0.5) is 0 Å². The molecule has 7 heteroatoms. The van der Waals surface area contributed by atoms with Crippen molar-refractivity contribution in [1.82, 2.24) is 15.6 Å². The van der Waals surface area contributed by atoms with Crippen LogP contribution in [-0.2, 0) is 16.0 Å². The highest BCUT2D eigenvalue weighted by atomic mass is 35.5. The Morgan fingerprint density at radius 1 is 1.20 bits per heavy atom. The van der Waals surface area contributed by atoms with Gasteiger partial charge in [-0.15, -0.1) is 0 Å². The highest BCUT2D eigenvalue weighted by Crippen LogP contribution is 2.28. The Balaban J connectivity index is 1.74. The molecule has 2 amide bonds. The monoisotopic (exact) mass is 363 g/mol. The first-order valence-corrected chi connectivity index (χ1v) is 8.59. The standard InChI is InChI=1S/C18H22ClN3O3/c1-12(2)18(24)21-10-9-20-16(23)7-8-17-22-11-15(25-17)13-5-3-4-6-14(13)19/h3-6,11-12H,7-10H2,1-2H3,(H,20,23)(H,21,24). The highest BCUT2D eigenvalue weighted by molar-refractivity contribution is 6.33. The van der Waals surface area contributed by atoms with Gasteiger partial charge in [0.2, 0.25) is 11.8 Å². The summed E-state index contributed by atoms with van der Waals surface area (Å²) in [6.07, 6.45) is 2.27. The molecule has 0 saturated heterocycles. The van der Waals surface area contributed by atoms with Gasteiger partial charge in [0, 0.05) is 37.4 Å². The molecule has 0 aliphatic heterocycles. The van der Waals surface area contributed by atoms with Crippen molar-refractivity contribution in [3.05, 3.63) is 41.4 Å². The molecule has 25 heavy (non-hydrogen) atoms. The van der Waals surface area contributed by atoms with Crippen LogP contribution < -0.4 is 10.6 Å². The second-order valence-electron chi connectivity index (χ2n) is 5.89. The van der Waals surface area contributed by atoms with Crippen LogP contribution in [0.5, 0.6) is 0 Å². The molecule has 1 heterocycles. The molecule has 1 aromatic heterocycles. The van der Waals surface area contributed by atoms with Gasteiger partial charge in [0.05, 0.1) is 11.2 Å². The average Bonchev–Trinajstić information content (AvgIpc) is 3.05. The Kier molecular flexibility index (Phi) is 7.01. The van der Waals surface area contributed by atoms with Crippen molar-refractivity contribution >= 4 is 23.4 Å². The Bertz CT molecular complexity index is 728. The molecule has 0 radical (unpaired) electrons.